The van der Waals surface area contributed by atoms with Crippen LogP contribution in [0.3, 0.4) is 0 Å². The third kappa shape index (κ3) is 3.10. The molecular weight excluding hydrogens is 323 g/mol. The van der Waals surface area contributed by atoms with Gasteiger partial charge in [-0.15, -0.1) is 0 Å². The summed E-state index contributed by atoms with van der Waals surface area (Å²) in [6.07, 6.45) is 0.674. The van der Waals surface area contributed by atoms with Crippen molar-refractivity contribution in [2.45, 2.75) is 12.5 Å². The van der Waals surface area contributed by atoms with E-state index in [-0.39, 0.29) is 23.5 Å². The van der Waals surface area contributed by atoms with Crippen LogP contribution in [0.4, 0.5) is 4.39 Å². The van der Waals surface area contributed by atoms with Crippen molar-refractivity contribution in [3.05, 3.63) is 71.7 Å². The third-order valence-electron chi connectivity index (χ3n) is 4.12. The number of carbonyl (C=O) groups is 1. The first-order valence-corrected chi connectivity index (χ1v) is 7.96. The molecule has 0 saturated heterocycles. The molecule has 1 N–H and O–H groups in total. The van der Waals surface area contributed by atoms with Gasteiger partial charge in [0.2, 0.25) is 5.76 Å². The first kappa shape index (κ1) is 15.4. The summed E-state index contributed by atoms with van der Waals surface area (Å²) in [4.78, 5) is 12.5. The van der Waals surface area contributed by atoms with Crippen LogP contribution < -0.4 is 10.1 Å². The molecule has 0 radical (unpaired) electrons. The predicted molar refractivity (Wildman–Crippen MR) is 88.7 cm³/mol. The summed E-state index contributed by atoms with van der Waals surface area (Å²) < 4.78 is 24.0. The van der Waals surface area contributed by atoms with Crippen molar-refractivity contribution in [3.63, 3.8) is 0 Å². The van der Waals surface area contributed by atoms with Crippen molar-refractivity contribution in [1.82, 2.24) is 10.5 Å². The molecule has 2 aromatic carbocycles. The molecule has 1 unspecified atom stereocenters. The minimum Gasteiger partial charge on any atom is -0.493 e. The highest BCUT2D eigenvalue weighted by Crippen LogP contribution is 2.31. The summed E-state index contributed by atoms with van der Waals surface area (Å²) in [5.74, 6) is 0.127. The zero-order chi connectivity index (χ0) is 17.2. The molecule has 2 heterocycles. The molecule has 5 nitrogen and oxygen atoms in total. The number of nitrogens with one attached hydrogen (secondary N) is 1. The normalized spacial score (nSPS) is 16.0. The molecule has 3 aromatic rings. The van der Waals surface area contributed by atoms with Crippen molar-refractivity contribution in [2.75, 3.05) is 6.61 Å². The quantitative estimate of drug-likeness (QED) is 0.790. The molecule has 0 bridgehead atoms. The first-order chi connectivity index (χ1) is 12.2. The number of benzene rings is 2. The number of carbonyl (C=O) groups excluding carboxylic acids is 1. The minimum atomic E-state index is -0.370. The van der Waals surface area contributed by atoms with Crippen LogP contribution in [0.25, 0.3) is 11.3 Å². The van der Waals surface area contributed by atoms with Gasteiger partial charge in [-0.05, 0) is 18.2 Å². The fourth-order valence-corrected chi connectivity index (χ4v) is 2.89. The SMILES string of the molecule is O=C(NC1CCOc2ccccc21)c1cc(-c2cccc(F)c2)no1. The van der Waals surface area contributed by atoms with Gasteiger partial charge in [-0.25, -0.2) is 4.39 Å². The lowest BCUT2D eigenvalue weighted by atomic mass is 10.0. The Morgan fingerprint density at radius 1 is 1.16 bits per heavy atom. The molecule has 0 saturated carbocycles. The van der Waals surface area contributed by atoms with Crippen LogP contribution in [-0.2, 0) is 0 Å². The van der Waals surface area contributed by atoms with Gasteiger partial charge in [0.25, 0.3) is 5.91 Å². The number of para-hydroxylation sites is 1. The van der Waals surface area contributed by atoms with E-state index in [9.17, 15) is 9.18 Å². The van der Waals surface area contributed by atoms with Crippen LogP contribution >= 0.6 is 0 Å². The van der Waals surface area contributed by atoms with Crippen molar-refractivity contribution in [2.24, 2.45) is 0 Å². The van der Waals surface area contributed by atoms with E-state index >= 15 is 0 Å². The lowest BCUT2D eigenvalue weighted by Crippen LogP contribution is -2.31. The number of hydrogen-bond acceptors (Lipinski definition) is 4. The molecule has 0 fully saturated rings. The number of ether oxygens (including phenoxy) is 1. The maximum Gasteiger partial charge on any atom is 0.290 e. The van der Waals surface area contributed by atoms with E-state index in [1.54, 1.807) is 12.1 Å². The van der Waals surface area contributed by atoms with Crippen molar-refractivity contribution in [1.29, 1.82) is 0 Å². The van der Waals surface area contributed by atoms with Gasteiger partial charge in [0.15, 0.2) is 0 Å². The predicted octanol–water partition coefficient (Wildman–Crippen LogP) is 3.73. The first-order valence-electron chi connectivity index (χ1n) is 7.96. The zero-order valence-corrected chi connectivity index (χ0v) is 13.2. The average Bonchev–Trinajstić information content (AvgIpc) is 3.12. The third-order valence-corrected chi connectivity index (χ3v) is 4.12. The molecule has 0 spiro atoms. The van der Waals surface area contributed by atoms with Gasteiger partial charge >= 0.3 is 0 Å². The summed E-state index contributed by atoms with van der Waals surface area (Å²) in [6.45, 7) is 0.535. The number of aromatic nitrogens is 1. The van der Waals surface area contributed by atoms with E-state index in [1.807, 2.05) is 24.3 Å². The van der Waals surface area contributed by atoms with Crippen LogP contribution in [0.1, 0.15) is 28.6 Å². The smallest absolute Gasteiger partial charge is 0.290 e. The van der Waals surface area contributed by atoms with Gasteiger partial charge in [0.1, 0.15) is 17.3 Å². The maximum atomic E-state index is 13.3. The number of hydrogen-bond donors (Lipinski definition) is 1. The number of halogens is 1. The number of nitrogens with zero attached hydrogens (tertiary/aromatic N) is 1. The lowest BCUT2D eigenvalue weighted by molar-refractivity contribution is 0.0887. The van der Waals surface area contributed by atoms with Crippen LogP contribution in [0.2, 0.25) is 0 Å². The van der Waals surface area contributed by atoms with Gasteiger partial charge in [0.05, 0.1) is 12.6 Å². The molecule has 1 aliphatic heterocycles. The second kappa shape index (κ2) is 6.39. The van der Waals surface area contributed by atoms with Crippen LogP contribution in [0, 0.1) is 5.82 Å². The van der Waals surface area contributed by atoms with Gasteiger partial charge in [-0.2, -0.15) is 0 Å². The Bertz CT molecular complexity index is 922. The van der Waals surface area contributed by atoms with Crippen LogP contribution in [-0.4, -0.2) is 17.7 Å². The molecule has 1 atom stereocenters. The molecular formula is C19H15FN2O3. The summed E-state index contributed by atoms with van der Waals surface area (Å²) in [7, 11) is 0. The second-order valence-corrected chi connectivity index (χ2v) is 5.79. The summed E-state index contributed by atoms with van der Waals surface area (Å²) in [6, 6.07) is 14.9. The van der Waals surface area contributed by atoms with Crippen molar-refractivity contribution in [3.8, 4) is 17.0 Å². The fraction of sp³-hybridized carbons (Fsp3) is 0.158. The Labute approximate surface area is 143 Å². The Kier molecular flexibility index (Phi) is 3.93. The van der Waals surface area contributed by atoms with E-state index < -0.39 is 0 Å². The molecule has 1 aromatic heterocycles. The molecule has 6 heteroatoms. The number of rotatable bonds is 3. The van der Waals surface area contributed by atoms with Crippen molar-refractivity contribution >= 4 is 5.91 Å². The van der Waals surface area contributed by atoms with E-state index in [0.29, 0.717) is 24.3 Å². The molecule has 1 aliphatic rings. The van der Waals surface area contributed by atoms with Crippen LogP contribution in [0.15, 0.2) is 59.1 Å². The van der Waals surface area contributed by atoms with Gasteiger partial charge < -0.3 is 14.6 Å². The molecule has 25 heavy (non-hydrogen) atoms. The van der Waals surface area contributed by atoms with E-state index in [1.165, 1.54) is 18.2 Å². The summed E-state index contributed by atoms with van der Waals surface area (Å²) in [5.41, 5.74) is 1.91. The van der Waals surface area contributed by atoms with E-state index in [0.717, 1.165) is 11.3 Å². The van der Waals surface area contributed by atoms with Gasteiger partial charge in [-0.3, -0.25) is 4.79 Å². The minimum absolute atomic E-state index is 0.0863. The number of amides is 1. The lowest BCUT2D eigenvalue weighted by Gasteiger charge is -2.26. The zero-order valence-electron chi connectivity index (χ0n) is 13.2. The van der Waals surface area contributed by atoms with E-state index in [2.05, 4.69) is 10.5 Å². The maximum absolute atomic E-state index is 13.3. The molecule has 1 amide bonds. The Morgan fingerprint density at radius 3 is 2.92 bits per heavy atom. The van der Waals surface area contributed by atoms with Gasteiger partial charge in [0, 0.05) is 23.6 Å². The monoisotopic (exact) mass is 338 g/mol. The fourth-order valence-electron chi connectivity index (χ4n) is 2.89. The highest BCUT2D eigenvalue weighted by atomic mass is 19.1. The highest BCUT2D eigenvalue weighted by Gasteiger charge is 2.24. The van der Waals surface area contributed by atoms with Crippen LogP contribution in [0.5, 0.6) is 5.75 Å². The number of fused-ring (bicyclic) bond motifs is 1. The van der Waals surface area contributed by atoms with Crippen molar-refractivity contribution < 1.29 is 18.4 Å². The molecule has 0 aliphatic carbocycles. The molecule has 4 rings (SSSR count). The molecule has 126 valence electrons. The average molecular weight is 338 g/mol. The highest BCUT2D eigenvalue weighted by molar-refractivity contribution is 5.92. The Balaban J connectivity index is 1.53. The standard InChI is InChI=1S/C19H15FN2O3/c20-13-5-3-4-12(10-13)16-11-18(25-22-16)19(23)21-15-8-9-24-17-7-2-1-6-14(15)17/h1-7,10-11,15H,8-9H2,(H,21,23). The summed E-state index contributed by atoms with van der Waals surface area (Å²) >= 11 is 0. The largest absolute Gasteiger partial charge is 0.493 e. The Morgan fingerprint density at radius 2 is 2.04 bits per heavy atom. The Hall–Kier alpha value is -3.15. The summed E-state index contributed by atoms with van der Waals surface area (Å²) in [5, 5.41) is 6.80. The second-order valence-electron chi connectivity index (χ2n) is 5.79. The van der Waals surface area contributed by atoms with Gasteiger partial charge in [-0.1, -0.05) is 35.5 Å². The van der Waals surface area contributed by atoms with E-state index in [4.69, 9.17) is 9.26 Å². The topological polar surface area (TPSA) is 64.4 Å².